The van der Waals surface area contributed by atoms with Gasteiger partial charge in [-0.3, -0.25) is 9.59 Å². The van der Waals surface area contributed by atoms with Crippen LogP contribution in [0, 0.1) is 0 Å². The summed E-state index contributed by atoms with van der Waals surface area (Å²) in [5, 5.41) is 1.51. The maximum Gasteiger partial charge on any atom is 0.261 e. The van der Waals surface area contributed by atoms with Gasteiger partial charge in [0.15, 0.2) is 0 Å². The predicted molar refractivity (Wildman–Crippen MR) is 94.8 cm³/mol. The Morgan fingerprint density at radius 2 is 1.92 bits per heavy atom. The van der Waals surface area contributed by atoms with Gasteiger partial charge >= 0.3 is 0 Å². The predicted octanol–water partition coefficient (Wildman–Crippen LogP) is 4.17. The van der Waals surface area contributed by atoms with E-state index in [4.69, 9.17) is 11.6 Å². The lowest BCUT2D eigenvalue weighted by molar-refractivity contribution is -0.120. The third kappa shape index (κ3) is 2.41. The van der Waals surface area contributed by atoms with Crippen molar-refractivity contribution in [1.29, 1.82) is 0 Å². The molecule has 2 amide bonds. The van der Waals surface area contributed by atoms with Gasteiger partial charge in [0.2, 0.25) is 5.91 Å². The molecule has 2 heterocycles. The molecule has 0 saturated carbocycles. The van der Waals surface area contributed by atoms with Crippen molar-refractivity contribution < 1.29 is 9.59 Å². The number of rotatable bonds is 2. The zero-order valence-corrected chi connectivity index (χ0v) is 13.4. The third-order valence-electron chi connectivity index (χ3n) is 4.09. The summed E-state index contributed by atoms with van der Waals surface area (Å²) in [4.78, 5) is 29.3. The molecule has 1 aliphatic heterocycles. The number of halogens is 1. The molecule has 0 unspecified atom stereocenters. The highest BCUT2D eigenvalue weighted by Gasteiger charge is 2.35. The first kappa shape index (κ1) is 14.7. The van der Waals surface area contributed by atoms with Crippen LogP contribution in [0.4, 0.5) is 5.69 Å². The van der Waals surface area contributed by atoms with Crippen LogP contribution in [0.3, 0.4) is 0 Å². The number of aromatic nitrogens is 1. The van der Waals surface area contributed by atoms with E-state index in [1.54, 1.807) is 30.3 Å². The van der Waals surface area contributed by atoms with Crippen LogP contribution in [0.15, 0.2) is 60.3 Å². The third-order valence-corrected chi connectivity index (χ3v) is 4.32. The number of imide groups is 1. The Morgan fingerprint density at radius 1 is 1.08 bits per heavy atom. The molecule has 118 valence electrons. The van der Waals surface area contributed by atoms with E-state index in [0.29, 0.717) is 16.3 Å². The van der Waals surface area contributed by atoms with Gasteiger partial charge < -0.3 is 4.98 Å². The van der Waals surface area contributed by atoms with Crippen LogP contribution in [-0.2, 0) is 9.59 Å². The lowest BCUT2D eigenvalue weighted by Crippen LogP contribution is -2.28. The van der Waals surface area contributed by atoms with Crippen molar-refractivity contribution in [2.45, 2.75) is 6.42 Å². The lowest BCUT2D eigenvalue weighted by Gasteiger charge is -2.13. The number of nitrogens with one attached hydrogen (secondary N) is 1. The van der Waals surface area contributed by atoms with Crippen molar-refractivity contribution in [3.63, 3.8) is 0 Å². The second-order valence-corrected chi connectivity index (χ2v) is 6.09. The molecule has 1 aromatic heterocycles. The Kier molecular flexibility index (Phi) is 3.47. The molecule has 1 aliphatic rings. The summed E-state index contributed by atoms with van der Waals surface area (Å²) in [5.41, 5.74) is 2.87. The minimum atomic E-state index is -0.299. The smallest absolute Gasteiger partial charge is 0.261 e. The average molecular weight is 337 g/mol. The monoisotopic (exact) mass is 336 g/mol. The highest BCUT2D eigenvalue weighted by Crippen LogP contribution is 2.30. The maximum absolute atomic E-state index is 12.7. The molecular formula is C19H13ClN2O2. The number of carbonyl (C=O) groups excluding carboxylic acids is 2. The topological polar surface area (TPSA) is 53.2 Å². The van der Waals surface area contributed by atoms with E-state index in [9.17, 15) is 9.59 Å². The molecule has 1 N–H and O–H groups in total. The Morgan fingerprint density at radius 3 is 2.75 bits per heavy atom. The number of carbonyl (C=O) groups is 2. The van der Waals surface area contributed by atoms with Crippen LogP contribution in [0.25, 0.3) is 17.0 Å². The van der Waals surface area contributed by atoms with E-state index in [2.05, 4.69) is 4.98 Å². The lowest BCUT2D eigenvalue weighted by atomic mass is 10.1. The Bertz CT molecular complexity index is 1000. The summed E-state index contributed by atoms with van der Waals surface area (Å²) in [5.74, 6) is -0.541. The fraction of sp³-hybridized carbons (Fsp3) is 0.0526. The van der Waals surface area contributed by atoms with E-state index >= 15 is 0 Å². The molecular weight excluding hydrogens is 324 g/mol. The van der Waals surface area contributed by atoms with Gasteiger partial charge in [0, 0.05) is 33.3 Å². The molecule has 3 aromatic rings. The molecule has 24 heavy (non-hydrogen) atoms. The molecule has 0 spiro atoms. The standard InChI is InChI=1S/C19H13ClN2O2/c20-14-4-3-5-15(10-14)22-18(23)9-12(19(22)24)8-13-11-21-17-7-2-1-6-16(13)17/h1-8,10-11,21H,9H2. The summed E-state index contributed by atoms with van der Waals surface area (Å²) < 4.78 is 0. The molecule has 0 bridgehead atoms. The van der Waals surface area contributed by atoms with E-state index in [0.717, 1.165) is 16.5 Å². The second kappa shape index (κ2) is 5.65. The van der Waals surface area contributed by atoms with E-state index in [1.807, 2.05) is 30.5 Å². The van der Waals surface area contributed by atoms with Gasteiger partial charge in [-0.2, -0.15) is 0 Å². The van der Waals surface area contributed by atoms with Gasteiger partial charge in [0.25, 0.3) is 5.91 Å². The molecule has 0 atom stereocenters. The van der Waals surface area contributed by atoms with Crippen LogP contribution in [0.5, 0.6) is 0 Å². The highest BCUT2D eigenvalue weighted by atomic mass is 35.5. The van der Waals surface area contributed by atoms with Crippen LogP contribution in [0.2, 0.25) is 5.02 Å². The largest absolute Gasteiger partial charge is 0.361 e. The van der Waals surface area contributed by atoms with Gasteiger partial charge in [0.05, 0.1) is 12.1 Å². The number of hydrogen-bond acceptors (Lipinski definition) is 2. The Balaban J connectivity index is 1.73. The van der Waals surface area contributed by atoms with Gasteiger partial charge in [-0.15, -0.1) is 0 Å². The minimum absolute atomic E-state index is 0.0881. The van der Waals surface area contributed by atoms with Gasteiger partial charge in [-0.05, 0) is 30.3 Å². The average Bonchev–Trinajstić information content (AvgIpc) is 3.09. The fourth-order valence-electron chi connectivity index (χ4n) is 2.96. The normalized spacial score (nSPS) is 16.5. The molecule has 1 saturated heterocycles. The van der Waals surface area contributed by atoms with Gasteiger partial charge in [-0.25, -0.2) is 4.90 Å². The number of fused-ring (bicyclic) bond motifs is 1. The van der Waals surface area contributed by atoms with E-state index in [1.165, 1.54) is 4.90 Å². The van der Waals surface area contributed by atoms with Crippen LogP contribution >= 0.6 is 11.6 Å². The summed E-state index contributed by atoms with van der Waals surface area (Å²) >= 11 is 5.97. The van der Waals surface area contributed by atoms with Gasteiger partial charge in [-0.1, -0.05) is 35.9 Å². The number of benzene rings is 2. The zero-order chi connectivity index (χ0) is 16.7. The number of nitrogens with zero attached hydrogens (tertiary/aromatic N) is 1. The second-order valence-electron chi connectivity index (χ2n) is 5.65. The number of anilines is 1. The zero-order valence-electron chi connectivity index (χ0n) is 12.6. The summed E-state index contributed by atoms with van der Waals surface area (Å²) in [6.45, 7) is 0. The van der Waals surface area contributed by atoms with Crippen molar-refractivity contribution in [2.24, 2.45) is 0 Å². The van der Waals surface area contributed by atoms with Crippen molar-refractivity contribution in [3.05, 3.63) is 70.9 Å². The fourth-order valence-corrected chi connectivity index (χ4v) is 3.15. The van der Waals surface area contributed by atoms with Crippen LogP contribution < -0.4 is 4.90 Å². The highest BCUT2D eigenvalue weighted by molar-refractivity contribution is 6.32. The van der Waals surface area contributed by atoms with Crippen LogP contribution in [0.1, 0.15) is 12.0 Å². The first-order chi connectivity index (χ1) is 11.6. The maximum atomic E-state index is 12.7. The first-order valence-electron chi connectivity index (χ1n) is 7.53. The Labute approximate surface area is 143 Å². The van der Waals surface area contributed by atoms with Crippen molar-refractivity contribution in [3.8, 4) is 0 Å². The van der Waals surface area contributed by atoms with E-state index in [-0.39, 0.29) is 18.2 Å². The summed E-state index contributed by atoms with van der Waals surface area (Å²) in [6, 6.07) is 14.6. The van der Waals surface area contributed by atoms with Crippen molar-refractivity contribution >= 4 is 46.1 Å². The van der Waals surface area contributed by atoms with Crippen molar-refractivity contribution in [2.75, 3.05) is 4.90 Å². The molecule has 4 nitrogen and oxygen atoms in total. The molecule has 4 rings (SSSR count). The Hall–Kier alpha value is -2.85. The summed E-state index contributed by atoms with van der Waals surface area (Å²) in [7, 11) is 0. The molecule has 2 aromatic carbocycles. The number of para-hydroxylation sites is 1. The minimum Gasteiger partial charge on any atom is -0.361 e. The van der Waals surface area contributed by atoms with E-state index < -0.39 is 0 Å². The summed E-state index contributed by atoms with van der Waals surface area (Å²) in [6.07, 6.45) is 3.71. The number of H-pyrrole nitrogens is 1. The van der Waals surface area contributed by atoms with Gasteiger partial charge in [0.1, 0.15) is 0 Å². The number of aromatic amines is 1. The molecule has 5 heteroatoms. The van der Waals surface area contributed by atoms with Crippen LogP contribution in [-0.4, -0.2) is 16.8 Å². The van der Waals surface area contributed by atoms with Crippen molar-refractivity contribution in [1.82, 2.24) is 4.98 Å². The SMILES string of the molecule is O=C1CC(=Cc2c[nH]c3ccccc23)C(=O)N1c1cccc(Cl)c1. The molecule has 1 fully saturated rings. The quantitative estimate of drug-likeness (QED) is 0.564. The molecule has 0 radical (unpaired) electrons. The first-order valence-corrected chi connectivity index (χ1v) is 7.91. The molecule has 0 aliphatic carbocycles. The number of hydrogen-bond donors (Lipinski definition) is 1. The number of amides is 2.